The lowest BCUT2D eigenvalue weighted by molar-refractivity contribution is 0.0859. The lowest BCUT2D eigenvalue weighted by Crippen LogP contribution is -2.20. The topological polar surface area (TPSA) is 55.2 Å². The molecule has 0 radical (unpaired) electrons. The lowest BCUT2D eigenvalue weighted by atomic mass is 9.80. The molecule has 1 heterocycles. The van der Waals surface area contributed by atoms with E-state index in [4.69, 9.17) is 4.74 Å². The van der Waals surface area contributed by atoms with E-state index in [0.29, 0.717) is 17.5 Å². The highest BCUT2D eigenvalue weighted by molar-refractivity contribution is 5.21. The van der Waals surface area contributed by atoms with Crippen LogP contribution in [-0.2, 0) is 0 Å². The van der Waals surface area contributed by atoms with Gasteiger partial charge in [-0.2, -0.15) is 0 Å². The minimum Gasteiger partial charge on any atom is -0.480 e. The molecule has 0 spiro atoms. The molecule has 3 atom stereocenters. The van der Waals surface area contributed by atoms with Crippen molar-refractivity contribution in [1.82, 2.24) is 9.97 Å². The first-order valence-corrected chi connectivity index (χ1v) is 6.32. The first kappa shape index (κ1) is 13.0. The monoisotopic (exact) mass is 248 g/mol. The van der Waals surface area contributed by atoms with Gasteiger partial charge < -0.3 is 9.84 Å². The van der Waals surface area contributed by atoms with Crippen LogP contribution in [0.5, 0.6) is 5.88 Å². The molecule has 3 unspecified atom stereocenters. The fourth-order valence-corrected chi connectivity index (χ4v) is 2.76. The molecule has 98 valence electrons. The average molecular weight is 248 g/mol. The second-order valence-corrected chi connectivity index (χ2v) is 5.09. The van der Waals surface area contributed by atoms with Crippen molar-refractivity contribution in [2.24, 2.45) is 11.8 Å². The van der Waals surface area contributed by atoms with Gasteiger partial charge in [0.2, 0.25) is 5.88 Å². The summed E-state index contributed by atoms with van der Waals surface area (Å²) in [6.07, 6.45) is 6.71. The van der Waals surface area contributed by atoms with Crippen LogP contribution in [0.2, 0.25) is 0 Å². The first-order valence-electron chi connectivity index (χ1n) is 6.32. The van der Waals surface area contributed by atoms with Crippen molar-refractivity contribution in [1.29, 1.82) is 0 Å². The molecular weight excluding hydrogens is 228 g/mol. The minimum absolute atomic E-state index is 0.190. The van der Waals surface area contributed by atoms with Gasteiger partial charge in [-0.05, 0) is 31.6 Å². The van der Waals surface area contributed by atoms with E-state index in [0.717, 1.165) is 12.8 Å². The fraction of sp³-hybridized carbons (Fsp3) is 0.571. The molecule has 1 aliphatic rings. The Morgan fingerprint density at radius 1 is 1.39 bits per heavy atom. The van der Waals surface area contributed by atoms with Crippen LogP contribution in [-0.4, -0.2) is 22.2 Å². The number of hydrogen-bond donors (Lipinski definition) is 1. The smallest absolute Gasteiger partial charge is 0.238 e. The van der Waals surface area contributed by atoms with Crippen molar-refractivity contribution >= 4 is 0 Å². The highest BCUT2D eigenvalue weighted by Gasteiger charge is 2.29. The number of rotatable bonds is 3. The number of aliphatic hydroxyl groups excluding tert-OH is 1. The van der Waals surface area contributed by atoms with Crippen molar-refractivity contribution in [2.75, 3.05) is 7.11 Å². The van der Waals surface area contributed by atoms with Crippen molar-refractivity contribution < 1.29 is 9.84 Å². The van der Waals surface area contributed by atoms with Gasteiger partial charge in [-0.3, -0.25) is 4.98 Å². The molecule has 0 amide bonds. The standard InChI is InChI=1S/C14H20N2O2/c1-9-6-10(2)8-11(7-9)13(17)12-14(18-3)16-5-4-15-12/h4-6,9,11,13,17H,7-8H2,1-3H3. The molecule has 4 nitrogen and oxygen atoms in total. The van der Waals surface area contributed by atoms with Crippen molar-refractivity contribution in [2.45, 2.75) is 32.8 Å². The molecule has 4 heteroatoms. The van der Waals surface area contributed by atoms with E-state index in [1.54, 1.807) is 19.5 Å². The molecule has 2 rings (SSSR count). The molecule has 0 fully saturated rings. The molecule has 0 aliphatic heterocycles. The highest BCUT2D eigenvalue weighted by atomic mass is 16.5. The van der Waals surface area contributed by atoms with E-state index >= 15 is 0 Å². The third-order valence-corrected chi connectivity index (χ3v) is 3.44. The van der Waals surface area contributed by atoms with E-state index in [1.165, 1.54) is 5.57 Å². The Morgan fingerprint density at radius 3 is 2.78 bits per heavy atom. The molecular formula is C14H20N2O2. The number of nitrogens with zero attached hydrogens (tertiary/aromatic N) is 2. The zero-order valence-electron chi connectivity index (χ0n) is 11.1. The number of aliphatic hydroxyl groups is 1. The zero-order valence-corrected chi connectivity index (χ0v) is 11.1. The van der Waals surface area contributed by atoms with Crippen LogP contribution in [0.15, 0.2) is 24.0 Å². The average Bonchev–Trinajstić information content (AvgIpc) is 2.36. The van der Waals surface area contributed by atoms with Crippen LogP contribution >= 0.6 is 0 Å². The first-order chi connectivity index (χ1) is 8.61. The summed E-state index contributed by atoms with van der Waals surface area (Å²) in [5, 5.41) is 10.5. The van der Waals surface area contributed by atoms with Gasteiger partial charge in [0, 0.05) is 12.4 Å². The zero-order chi connectivity index (χ0) is 13.1. The molecule has 0 saturated heterocycles. The Labute approximate surface area is 108 Å². The van der Waals surface area contributed by atoms with Crippen LogP contribution < -0.4 is 4.74 Å². The van der Waals surface area contributed by atoms with Gasteiger partial charge in [0.05, 0.1) is 7.11 Å². The molecule has 1 aromatic heterocycles. The van der Waals surface area contributed by atoms with Gasteiger partial charge >= 0.3 is 0 Å². The second kappa shape index (κ2) is 5.48. The van der Waals surface area contributed by atoms with E-state index in [2.05, 4.69) is 29.9 Å². The van der Waals surface area contributed by atoms with Crippen LogP contribution in [0.25, 0.3) is 0 Å². The molecule has 1 aliphatic carbocycles. The van der Waals surface area contributed by atoms with Gasteiger partial charge in [0.15, 0.2) is 0 Å². The fourth-order valence-electron chi connectivity index (χ4n) is 2.76. The van der Waals surface area contributed by atoms with Gasteiger partial charge in [-0.1, -0.05) is 18.6 Å². The summed E-state index contributed by atoms with van der Waals surface area (Å²) in [4.78, 5) is 8.31. The normalized spacial score (nSPS) is 25.4. The van der Waals surface area contributed by atoms with Gasteiger partial charge in [0.25, 0.3) is 0 Å². The Hall–Kier alpha value is -1.42. The maximum atomic E-state index is 10.5. The predicted molar refractivity (Wildman–Crippen MR) is 69.2 cm³/mol. The summed E-state index contributed by atoms with van der Waals surface area (Å²) >= 11 is 0. The van der Waals surface area contributed by atoms with Crippen LogP contribution in [0.1, 0.15) is 38.5 Å². The summed E-state index contributed by atoms with van der Waals surface area (Å²) in [5.41, 5.74) is 1.88. The summed E-state index contributed by atoms with van der Waals surface area (Å²) in [5.74, 6) is 1.11. The summed E-state index contributed by atoms with van der Waals surface area (Å²) in [6, 6.07) is 0. The molecule has 1 aromatic rings. The third kappa shape index (κ3) is 2.70. The Kier molecular flexibility index (Phi) is 3.97. The maximum Gasteiger partial charge on any atom is 0.238 e. The number of allylic oxidation sites excluding steroid dienone is 2. The van der Waals surface area contributed by atoms with Crippen molar-refractivity contribution in [3.63, 3.8) is 0 Å². The molecule has 1 N–H and O–H groups in total. The minimum atomic E-state index is -0.611. The Balaban J connectivity index is 2.21. The molecule has 18 heavy (non-hydrogen) atoms. The molecule has 0 saturated carbocycles. The molecule has 0 aromatic carbocycles. The molecule has 0 bridgehead atoms. The van der Waals surface area contributed by atoms with Crippen LogP contribution in [0.4, 0.5) is 0 Å². The lowest BCUT2D eigenvalue weighted by Gasteiger charge is -2.29. The summed E-state index contributed by atoms with van der Waals surface area (Å²) in [6.45, 7) is 4.29. The van der Waals surface area contributed by atoms with Crippen LogP contribution in [0.3, 0.4) is 0 Å². The van der Waals surface area contributed by atoms with Gasteiger partial charge in [-0.15, -0.1) is 0 Å². The predicted octanol–water partition coefficient (Wildman–Crippen LogP) is 2.51. The largest absolute Gasteiger partial charge is 0.480 e. The maximum absolute atomic E-state index is 10.5. The Bertz CT molecular complexity index is 445. The van der Waals surface area contributed by atoms with E-state index in [1.807, 2.05) is 0 Å². The second-order valence-electron chi connectivity index (χ2n) is 5.09. The van der Waals surface area contributed by atoms with Gasteiger partial charge in [0.1, 0.15) is 11.8 Å². The SMILES string of the molecule is COc1nccnc1C(O)C1CC(C)=CC(C)C1. The highest BCUT2D eigenvalue weighted by Crippen LogP contribution is 2.37. The number of ether oxygens (including phenoxy) is 1. The van der Waals surface area contributed by atoms with E-state index < -0.39 is 6.10 Å². The number of hydrogen-bond acceptors (Lipinski definition) is 4. The summed E-state index contributed by atoms with van der Waals surface area (Å²) < 4.78 is 5.16. The number of aromatic nitrogens is 2. The summed E-state index contributed by atoms with van der Waals surface area (Å²) in [7, 11) is 1.55. The third-order valence-electron chi connectivity index (χ3n) is 3.44. The number of methoxy groups -OCH3 is 1. The van der Waals surface area contributed by atoms with E-state index in [-0.39, 0.29) is 5.92 Å². The van der Waals surface area contributed by atoms with Crippen LogP contribution in [0, 0.1) is 11.8 Å². The van der Waals surface area contributed by atoms with Crippen molar-refractivity contribution in [3.05, 3.63) is 29.7 Å². The van der Waals surface area contributed by atoms with E-state index in [9.17, 15) is 5.11 Å². The quantitative estimate of drug-likeness (QED) is 0.835. The Morgan fingerprint density at radius 2 is 2.11 bits per heavy atom. The van der Waals surface area contributed by atoms with Crippen molar-refractivity contribution in [3.8, 4) is 5.88 Å². The van der Waals surface area contributed by atoms with Gasteiger partial charge in [-0.25, -0.2) is 4.98 Å².